The van der Waals surface area contributed by atoms with E-state index in [9.17, 15) is 4.79 Å². The van der Waals surface area contributed by atoms with Gasteiger partial charge in [-0.25, -0.2) is 0 Å². The molecule has 0 saturated carbocycles. The SMILES string of the molecule is Cn1cccc1C(=O)N1CCc2cccc(N)c21. The lowest BCUT2D eigenvalue weighted by molar-refractivity contribution is 0.0981. The highest BCUT2D eigenvalue weighted by atomic mass is 16.2. The van der Waals surface area contributed by atoms with Gasteiger partial charge in [0.1, 0.15) is 5.69 Å². The molecule has 0 spiro atoms. The molecule has 1 aliphatic heterocycles. The Morgan fingerprint density at radius 1 is 1.28 bits per heavy atom. The maximum atomic E-state index is 12.5. The minimum atomic E-state index is 0.0131. The first-order valence-corrected chi connectivity index (χ1v) is 5.99. The number of amides is 1. The van der Waals surface area contributed by atoms with Crippen molar-refractivity contribution >= 4 is 17.3 Å². The Morgan fingerprint density at radius 2 is 2.11 bits per heavy atom. The zero-order chi connectivity index (χ0) is 12.7. The van der Waals surface area contributed by atoms with Gasteiger partial charge in [0.2, 0.25) is 0 Å². The van der Waals surface area contributed by atoms with E-state index in [0.717, 1.165) is 17.7 Å². The highest BCUT2D eigenvalue weighted by Gasteiger charge is 2.28. The Balaban J connectivity index is 2.03. The predicted molar refractivity (Wildman–Crippen MR) is 71.6 cm³/mol. The van der Waals surface area contributed by atoms with Gasteiger partial charge in [-0.3, -0.25) is 4.79 Å². The predicted octanol–water partition coefficient (Wildman–Crippen LogP) is 1.81. The Hall–Kier alpha value is -2.23. The first-order valence-electron chi connectivity index (χ1n) is 5.99. The maximum absolute atomic E-state index is 12.5. The van der Waals surface area contributed by atoms with Crippen LogP contribution in [0, 0.1) is 0 Å². The third-order valence-corrected chi connectivity index (χ3v) is 3.43. The van der Waals surface area contributed by atoms with Crippen molar-refractivity contribution in [3.05, 3.63) is 47.8 Å². The smallest absolute Gasteiger partial charge is 0.274 e. The summed E-state index contributed by atoms with van der Waals surface area (Å²) in [5.41, 5.74) is 9.38. The molecule has 1 amide bonds. The summed E-state index contributed by atoms with van der Waals surface area (Å²) >= 11 is 0. The number of hydrogen-bond acceptors (Lipinski definition) is 2. The number of nitrogens with zero attached hydrogens (tertiary/aromatic N) is 2. The van der Waals surface area contributed by atoms with Crippen molar-refractivity contribution in [2.75, 3.05) is 17.2 Å². The number of aromatic nitrogens is 1. The number of hydrogen-bond donors (Lipinski definition) is 1. The third kappa shape index (κ3) is 1.49. The zero-order valence-corrected chi connectivity index (χ0v) is 10.3. The molecule has 4 heteroatoms. The van der Waals surface area contributed by atoms with Gasteiger partial charge in [0.05, 0.1) is 11.4 Å². The van der Waals surface area contributed by atoms with E-state index in [0.29, 0.717) is 17.9 Å². The van der Waals surface area contributed by atoms with E-state index in [1.165, 1.54) is 0 Å². The normalized spacial score (nSPS) is 13.7. The van der Waals surface area contributed by atoms with Crippen molar-refractivity contribution in [2.24, 2.45) is 7.05 Å². The van der Waals surface area contributed by atoms with Gasteiger partial charge < -0.3 is 15.2 Å². The fourth-order valence-corrected chi connectivity index (χ4v) is 2.51. The van der Waals surface area contributed by atoms with Gasteiger partial charge in [-0.15, -0.1) is 0 Å². The minimum absolute atomic E-state index is 0.0131. The Bertz CT molecular complexity index is 615. The van der Waals surface area contributed by atoms with Crippen LogP contribution in [-0.2, 0) is 13.5 Å². The van der Waals surface area contributed by atoms with Crippen molar-refractivity contribution < 1.29 is 4.79 Å². The van der Waals surface area contributed by atoms with E-state index < -0.39 is 0 Å². The van der Waals surface area contributed by atoms with Crippen LogP contribution in [0.5, 0.6) is 0 Å². The monoisotopic (exact) mass is 241 g/mol. The molecule has 1 aromatic carbocycles. The van der Waals surface area contributed by atoms with Crippen molar-refractivity contribution in [1.82, 2.24) is 4.57 Å². The molecular formula is C14H15N3O. The first kappa shape index (κ1) is 10.9. The lowest BCUT2D eigenvalue weighted by Gasteiger charge is -2.19. The van der Waals surface area contributed by atoms with E-state index in [2.05, 4.69) is 0 Å². The Morgan fingerprint density at radius 3 is 2.83 bits per heavy atom. The van der Waals surface area contributed by atoms with E-state index >= 15 is 0 Å². The molecule has 92 valence electrons. The number of anilines is 2. The van der Waals surface area contributed by atoms with Crippen molar-refractivity contribution in [3.8, 4) is 0 Å². The lowest BCUT2D eigenvalue weighted by atomic mass is 10.1. The van der Waals surface area contributed by atoms with Crippen LogP contribution in [-0.4, -0.2) is 17.0 Å². The molecule has 0 radical (unpaired) electrons. The average molecular weight is 241 g/mol. The van der Waals surface area contributed by atoms with Crippen molar-refractivity contribution in [3.63, 3.8) is 0 Å². The fourth-order valence-electron chi connectivity index (χ4n) is 2.51. The quantitative estimate of drug-likeness (QED) is 0.774. The molecule has 0 fully saturated rings. The van der Waals surface area contributed by atoms with Crippen molar-refractivity contribution in [1.29, 1.82) is 0 Å². The Labute approximate surface area is 106 Å². The minimum Gasteiger partial charge on any atom is -0.397 e. The van der Waals surface area contributed by atoms with Gasteiger partial charge in [-0.2, -0.15) is 0 Å². The third-order valence-electron chi connectivity index (χ3n) is 3.43. The van der Waals surface area contributed by atoms with Crippen LogP contribution < -0.4 is 10.6 Å². The van der Waals surface area contributed by atoms with Gasteiger partial charge in [0.25, 0.3) is 5.91 Å². The van der Waals surface area contributed by atoms with E-state index in [1.54, 1.807) is 4.90 Å². The summed E-state index contributed by atoms with van der Waals surface area (Å²) in [6.45, 7) is 0.702. The number of carbonyl (C=O) groups is 1. The number of aryl methyl sites for hydroxylation is 1. The summed E-state index contributed by atoms with van der Waals surface area (Å²) in [6.07, 6.45) is 2.75. The van der Waals surface area contributed by atoms with Crippen LogP contribution in [0.2, 0.25) is 0 Å². The number of nitrogens with two attached hydrogens (primary N) is 1. The first-order chi connectivity index (χ1) is 8.68. The summed E-state index contributed by atoms with van der Waals surface area (Å²) in [5, 5.41) is 0. The molecule has 0 saturated heterocycles. The van der Waals surface area contributed by atoms with Gasteiger partial charge in [0.15, 0.2) is 0 Å². The number of fused-ring (bicyclic) bond motifs is 1. The molecular weight excluding hydrogens is 226 g/mol. The molecule has 0 bridgehead atoms. The van der Waals surface area contributed by atoms with Gasteiger partial charge in [-0.1, -0.05) is 12.1 Å². The second-order valence-corrected chi connectivity index (χ2v) is 4.57. The lowest BCUT2D eigenvalue weighted by Crippen LogP contribution is -2.30. The summed E-state index contributed by atoms with van der Waals surface area (Å²) in [4.78, 5) is 14.3. The standard InChI is InChI=1S/C14H15N3O/c1-16-8-3-6-12(16)14(18)17-9-7-10-4-2-5-11(15)13(10)17/h2-6,8H,7,9,15H2,1H3. The molecule has 18 heavy (non-hydrogen) atoms. The molecule has 0 unspecified atom stereocenters. The highest BCUT2D eigenvalue weighted by Crippen LogP contribution is 2.34. The number of nitrogen functional groups attached to an aromatic ring is 1. The van der Waals surface area contributed by atoms with E-state index in [4.69, 9.17) is 5.73 Å². The number of rotatable bonds is 1. The maximum Gasteiger partial charge on any atom is 0.274 e. The van der Waals surface area contributed by atoms with Gasteiger partial charge in [0, 0.05) is 19.8 Å². The van der Waals surface area contributed by atoms with Crippen LogP contribution in [0.3, 0.4) is 0 Å². The van der Waals surface area contributed by atoms with Crippen LogP contribution >= 0.6 is 0 Å². The topological polar surface area (TPSA) is 51.3 Å². The zero-order valence-electron chi connectivity index (χ0n) is 10.3. The van der Waals surface area contributed by atoms with E-state index in [1.807, 2.05) is 48.1 Å². The van der Waals surface area contributed by atoms with E-state index in [-0.39, 0.29) is 5.91 Å². The summed E-state index contributed by atoms with van der Waals surface area (Å²) < 4.78 is 1.83. The van der Waals surface area contributed by atoms with Crippen LogP contribution in [0.25, 0.3) is 0 Å². The van der Waals surface area contributed by atoms with Crippen molar-refractivity contribution in [2.45, 2.75) is 6.42 Å². The molecule has 2 aromatic rings. The highest BCUT2D eigenvalue weighted by molar-refractivity contribution is 6.08. The molecule has 1 aliphatic rings. The molecule has 2 heterocycles. The van der Waals surface area contributed by atoms with Crippen LogP contribution in [0.4, 0.5) is 11.4 Å². The largest absolute Gasteiger partial charge is 0.397 e. The summed E-state index contributed by atoms with van der Waals surface area (Å²) in [6, 6.07) is 9.52. The number of carbonyl (C=O) groups excluding carboxylic acids is 1. The average Bonchev–Trinajstić information content (AvgIpc) is 2.95. The molecule has 1 aromatic heterocycles. The number of benzene rings is 1. The molecule has 0 aliphatic carbocycles. The second kappa shape index (κ2) is 3.91. The van der Waals surface area contributed by atoms with Gasteiger partial charge >= 0.3 is 0 Å². The number of para-hydroxylation sites is 1. The molecule has 2 N–H and O–H groups in total. The summed E-state index contributed by atoms with van der Waals surface area (Å²) in [7, 11) is 1.87. The second-order valence-electron chi connectivity index (χ2n) is 4.57. The van der Waals surface area contributed by atoms with Crippen LogP contribution in [0.15, 0.2) is 36.5 Å². The van der Waals surface area contributed by atoms with Gasteiger partial charge in [-0.05, 0) is 30.2 Å². The Kier molecular flexibility index (Phi) is 2.37. The molecule has 4 nitrogen and oxygen atoms in total. The van der Waals surface area contributed by atoms with Crippen LogP contribution in [0.1, 0.15) is 16.1 Å². The summed E-state index contributed by atoms with van der Waals surface area (Å²) in [5.74, 6) is 0.0131. The molecule has 3 rings (SSSR count). The molecule has 0 atom stereocenters. The fraction of sp³-hybridized carbons (Fsp3) is 0.214.